The lowest BCUT2D eigenvalue weighted by Crippen LogP contribution is -2.48. The second-order valence-electron chi connectivity index (χ2n) is 5.19. The Hall–Kier alpha value is -1.28. The summed E-state index contributed by atoms with van der Waals surface area (Å²) in [5.74, 6) is 0. The van der Waals surface area contributed by atoms with Gasteiger partial charge in [0.25, 0.3) is 0 Å². The van der Waals surface area contributed by atoms with E-state index >= 15 is 0 Å². The number of hydrogen-bond acceptors (Lipinski definition) is 6. The number of nitrogens with one attached hydrogen (secondary N) is 1. The molecule has 1 aromatic rings. The Bertz CT molecular complexity index is 428. The lowest BCUT2D eigenvalue weighted by molar-refractivity contribution is -0.128. The van der Waals surface area contributed by atoms with Crippen LogP contribution in [0.25, 0.3) is 0 Å². The second kappa shape index (κ2) is 11.3. The summed E-state index contributed by atoms with van der Waals surface area (Å²) in [6.45, 7) is 5.71. The van der Waals surface area contributed by atoms with E-state index in [1.165, 1.54) is 6.08 Å². The van der Waals surface area contributed by atoms with Crippen LogP contribution in [0, 0.1) is 0 Å². The van der Waals surface area contributed by atoms with Crippen molar-refractivity contribution in [2.75, 3.05) is 19.8 Å². The van der Waals surface area contributed by atoms with Crippen LogP contribution in [0.1, 0.15) is 25.0 Å². The van der Waals surface area contributed by atoms with E-state index in [0.717, 1.165) is 5.56 Å². The smallest absolute Gasteiger partial charge is 0.214 e. The SMILES string of the molecule is C=CCOC(O)N[C@@H](CC)C(O)COCC(O)c1ccccc1. The molecule has 6 nitrogen and oxygen atoms in total. The molecule has 4 atom stereocenters. The van der Waals surface area contributed by atoms with Crippen LogP contribution in [-0.4, -0.2) is 53.7 Å². The zero-order valence-corrected chi connectivity index (χ0v) is 13.5. The summed E-state index contributed by atoms with van der Waals surface area (Å²) < 4.78 is 10.4. The van der Waals surface area contributed by atoms with Crippen molar-refractivity contribution in [3.63, 3.8) is 0 Å². The maximum absolute atomic E-state index is 10.1. The Balaban J connectivity index is 2.32. The van der Waals surface area contributed by atoms with Crippen molar-refractivity contribution in [3.8, 4) is 0 Å². The number of aliphatic hydroxyl groups is 3. The summed E-state index contributed by atoms with van der Waals surface area (Å²) in [5, 5.41) is 32.5. The van der Waals surface area contributed by atoms with Gasteiger partial charge in [-0.2, -0.15) is 0 Å². The lowest BCUT2D eigenvalue weighted by Gasteiger charge is -2.26. The van der Waals surface area contributed by atoms with Crippen LogP contribution in [0.3, 0.4) is 0 Å². The molecular weight excluding hydrogens is 298 g/mol. The fourth-order valence-corrected chi connectivity index (χ4v) is 2.08. The number of hydrogen-bond donors (Lipinski definition) is 4. The highest BCUT2D eigenvalue weighted by atomic mass is 16.6. The topological polar surface area (TPSA) is 91.2 Å². The molecule has 6 heteroatoms. The Kier molecular flexibility index (Phi) is 9.70. The quantitative estimate of drug-likeness (QED) is 0.338. The van der Waals surface area contributed by atoms with E-state index in [0.29, 0.717) is 6.42 Å². The molecule has 0 spiro atoms. The predicted octanol–water partition coefficient (Wildman–Crippen LogP) is 0.944. The van der Waals surface area contributed by atoms with E-state index in [2.05, 4.69) is 11.9 Å². The minimum absolute atomic E-state index is 0.0452. The van der Waals surface area contributed by atoms with Gasteiger partial charge in [-0.3, -0.25) is 5.32 Å². The van der Waals surface area contributed by atoms with Crippen molar-refractivity contribution in [2.45, 2.75) is 38.0 Å². The summed E-state index contributed by atoms with van der Waals surface area (Å²) >= 11 is 0. The summed E-state index contributed by atoms with van der Waals surface area (Å²) in [4.78, 5) is 0. The van der Waals surface area contributed by atoms with Crippen molar-refractivity contribution < 1.29 is 24.8 Å². The molecule has 23 heavy (non-hydrogen) atoms. The molecule has 1 aromatic carbocycles. The Morgan fingerprint density at radius 3 is 2.48 bits per heavy atom. The third kappa shape index (κ3) is 7.69. The first-order valence-corrected chi connectivity index (χ1v) is 7.73. The van der Waals surface area contributed by atoms with Crippen molar-refractivity contribution in [1.82, 2.24) is 5.32 Å². The van der Waals surface area contributed by atoms with Gasteiger partial charge in [-0.25, -0.2) is 0 Å². The van der Waals surface area contributed by atoms with Crippen LogP contribution in [0.15, 0.2) is 43.0 Å². The van der Waals surface area contributed by atoms with Gasteiger partial charge in [0.05, 0.1) is 25.9 Å². The monoisotopic (exact) mass is 325 g/mol. The minimum Gasteiger partial charge on any atom is -0.389 e. The number of rotatable bonds is 12. The fourth-order valence-electron chi connectivity index (χ4n) is 2.08. The Morgan fingerprint density at radius 2 is 1.87 bits per heavy atom. The molecular formula is C17H27NO5. The van der Waals surface area contributed by atoms with E-state index < -0.39 is 18.6 Å². The molecule has 0 saturated heterocycles. The first-order chi connectivity index (χ1) is 11.1. The highest BCUT2D eigenvalue weighted by Crippen LogP contribution is 2.12. The third-order valence-electron chi connectivity index (χ3n) is 3.38. The molecule has 0 amide bonds. The normalized spacial score (nSPS) is 16.5. The third-order valence-corrected chi connectivity index (χ3v) is 3.38. The van der Waals surface area contributed by atoms with Gasteiger partial charge in [0.2, 0.25) is 6.41 Å². The van der Waals surface area contributed by atoms with Crippen LogP contribution >= 0.6 is 0 Å². The van der Waals surface area contributed by atoms with Crippen LogP contribution in [0.5, 0.6) is 0 Å². The maximum atomic E-state index is 10.1. The van der Waals surface area contributed by atoms with Crippen LogP contribution < -0.4 is 5.32 Å². The number of benzene rings is 1. The van der Waals surface area contributed by atoms with E-state index in [1.54, 1.807) is 0 Å². The van der Waals surface area contributed by atoms with Crippen molar-refractivity contribution in [1.29, 1.82) is 0 Å². The predicted molar refractivity (Wildman–Crippen MR) is 87.6 cm³/mol. The van der Waals surface area contributed by atoms with Gasteiger partial charge < -0.3 is 24.8 Å². The van der Waals surface area contributed by atoms with E-state index in [1.807, 2.05) is 37.3 Å². The molecule has 0 radical (unpaired) electrons. The maximum Gasteiger partial charge on any atom is 0.214 e. The van der Waals surface area contributed by atoms with E-state index in [9.17, 15) is 15.3 Å². The van der Waals surface area contributed by atoms with Crippen molar-refractivity contribution >= 4 is 0 Å². The molecule has 0 saturated carbocycles. The summed E-state index contributed by atoms with van der Waals surface area (Å²) in [6.07, 6.45) is -0.637. The average Bonchev–Trinajstić information content (AvgIpc) is 2.58. The van der Waals surface area contributed by atoms with Gasteiger partial charge in [0.1, 0.15) is 6.10 Å². The molecule has 1 rings (SSSR count). The molecule has 0 aliphatic rings. The molecule has 0 bridgehead atoms. The molecule has 3 unspecified atom stereocenters. The van der Waals surface area contributed by atoms with Crippen LogP contribution in [0.4, 0.5) is 0 Å². The lowest BCUT2D eigenvalue weighted by atomic mass is 10.1. The number of ether oxygens (including phenoxy) is 2. The average molecular weight is 325 g/mol. The Morgan fingerprint density at radius 1 is 1.17 bits per heavy atom. The van der Waals surface area contributed by atoms with Gasteiger partial charge >= 0.3 is 0 Å². The van der Waals surface area contributed by atoms with Gasteiger partial charge in [0.15, 0.2) is 0 Å². The second-order valence-corrected chi connectivity index (χ2v) is 5.19. The fraction of sp³-hybridized carbons (Fsp3) is 0.529. The van der Waals surface area contributed by atoms with E-state index in [4.69, 9.17) is 9.47 Å². The first kappa shape index (κ1) is 19.8. The highest BCUT2D eigenvalue weighted by molar-refractivity contribution is 5.17. The molecule has 0 aliphatic carbocycles. The standard InChI is InChI=1S/C17H27NO5/c1-3-10-23-17(21)18-14(4-2)16(20)12-22-11-15(19)13-8-6-5-7-9-13/h3,5-9,14-21H,1,4,10-12H2,2H3/t14-,15?,16?,17?/m0/s1. The van der Waals surface area contributed by atoms with Crippen molar-refractivity contribution in [2.24, 2.45) is 0 Å². The first-order valence-electron chi connectivity index (χ1n) is 7.73. The molecule has 130 valence electrons. The molecule has 0 aromatic heterocycles. The van der Waals surface area contributed by atoms with Gasteiger partial charge in [-0.05, 0) is 12.0 Å². The van der Waals surface area contributed by atoms with Gasteiger partial charge in [0, 0.05) is 6.04 Å². The Labute approximate surface area is 137 Å². The molecule has 0 heterocycles. The van der Waals surface area contributed by atoms with Gasteiger partial charge in [-0.1, -0.05) is 43.3 Å². The molecule has 0 aliphatic heterocycles. The summed E-state index contributed by atoms with van der Waals surface area (Å²) in [7, 11) is 0. The number of aliphatic hydroxyl groups excluding tert-OH is 3. The molecule has 4 N–H and O–H groups in total. The largest absolute Gasteiger partial charge is 0.389 e. The van der Waals surface area contributed by atoms with E-state index in [-0.39, 0.29) is 25.9 Å². The summed E-state index contributed by atoms with van der Waals surface area (Å²) in [6, 6.07) is 8.80. The minimum atomic E-state index is -1.18. The van der Waals surface area contributed by atoms with Gasteiger partial charge in [-0.15, -0.1) is 6.58 Å². The zero-order chi connectivity index (χ0) is 17.1. The summed E-state index contributed by atoms with van der Waals surface area (Å²) in [5.41, 5.74) is 0.764. The van der Waals surface area contributed by atoms with Crippen LogP contribution in [0.2, 0.25) is 0 Å². The van der Waals surface area contributed by atoms with Crippen molar-refractivity contribution in [3.05, 3.63) is 48.6 Å². The molecule has 0 fully saturated rings. The van der Waals surface area contributed by atoms with Crippen LogP contribution in [-0.2, 0) is 9.47 Å². The zero-order valence-electron chi connectivity index (χ0n) is 13.5. The highest BCUT2D eigenvalue weighted by Gasteiger charge is 2.21.